The summed E-state index contributed by atoms with van der Waals surface area (Å²) in [6.45, 7) is 0. The van der Waals surface area contributed by atoms with Crippen LogP contribution in [0.4, 0.5) is 0 Å². The molecule has 1 nitrogen and oxygen atoms in total. The minimum atomic E-state index is 0.471. The SMILES string of the molecule is OC1=CC=C(C2=CCC(c3ccc4c(c3)C=CC4C3CCCCC3)=C2)C1. The molecule has 4 aliphatic carbocycles. The molecule has 1 N–H and O–H groups in total. The normalized spacial score (nSPS) is 25.0. The predicted octanol–water partition coefficient (Wildman–Crippen LogP) is 6.86. The minimum absolute atomic E-state index is 0.471. The molecule has 0 heterocycles. The third-order valence-corrected chi connectivity index (χ3v) is 6.55. The van der Waals surface area contributed by atoms with E-state index >= 15 is 0 Å². The first-order valence-electron chi connectivity index (χ1n) is 10.1. The van der Waals surface area contributed by atoms with E-state index < -0.39 is 0 Å². The Bertz CT molecular complexity index is 885. The van der Waals surface area contributed by atoms with Crippen molar-refractivity contribution in [3.05, 3.63) is 82.2 Å². The monoisotopic (exact) mass is 342 g/mol. The van der Waals surface area contributed by atoms with Gasteiger partial charge in [-0.1, -0.05) is 61.8 Å². The standard InChI is InChI=1S/C25H26O/c26-23-11-8-21(16-23)19-7-6-18(14-19)20-9-12-25-22(15-20)10-13-24(25)17-4-2-1-3-5-17/h7-15,17,24,26H,1-6,16H2. The van der Waals surface area contributed by atoms with Gasteiger partial charge in [0.1, 0.15) is 0 Å². The Morgan fingerprint density at radius 1 is 0.962 bits per heavy atom. The summed E-state index contributed by atoms with van der Waals surface area (Å²) >= 11 is 0. The van der Waals surface area contributed by atoms with E-state index in [2.05, 4.69) is 42.5 Å². The zero-order chi connectivity index (χ0) is 17.5. The van der Waals surface area contributed by atoms with Crippen molar-refractivity contribution in [3.63, 3.8) is 0 Å². The van der Waals surface area contributed by atoms with Crippen LogP contribution in [0.5, 0.6) is 0 Å². The van der Waals surface area contributed by atoms with Gasteiger partial charge in [0.25, 0.3) is 0 Å². The van der Waals surface area contributed by atoms with Gasteiger partial charge in [-0.2, -0.15) is 0 Å². The number of hydrogen-bond acceptors (Lipinski definition) is 1. The van der Waals surface area contributed by atoms with Crippen LogP contribution in [0.2, 0.25) is 0 Å². The topological polar surface area (TPSA) is 20.2 Å². The zero-order valence-electron chi connectivity index (χ0n) is 15.2. The Labute approximate surface area is 156 Å². The molecule has 0 aliphatic heterocycles. The Hall–Kier alpha value is -2.28. The number of fused-ring (bicyclic) bond motifs is 1. The lowest BCUT2D eigenvalue weighted by Gasteiger charge is -2.27. The molecule has 0 spiro atoms. The van der Waals surface area contributed by atoms with Gasteiger partial charge >= 0.3 is 0 Å². The fraction of sp³-hybridized carbons (Fsp3) is 0.360. The van der Waals surface area contributed by atoms with Crippen molar-refractivity contribution >= 4 is 11.6 Å². The Morgan fingerprint density at radius 2 is 1.85 bits per heavy atom. The molecule has 1 heteroatoms. The molecule has 1 fully saturated rings. The Kier molecular flexibility index (Phi) is 3.96. The van der Waals surface area contributed by atoms with Crippen molar-refractivity contribution < 1.29 is 5.11 Å². The molecule has 1 aromatic carbocycles. The largest absolute Gasteiger partial charge is 0.512 e. The second-order valence-corrected chi connectivity index (χ2v) is 8.19. The van der Waals surface area contributed by atoms with Gasteiger partial charge in [0.2, 0.25) is 0 Å². The van der Waals surface area contributed by atoms with E-state index in [0.717, 1.165) is 12.3 Å². The lowest BCUT2D eigenvalue weighted by Crippen LogP contribution is -2.13. The molecule has 1 unspecified atom stereocenters. The highest BCUT2D eigenvalue weighted by Crippen LogP contribution is 2.43. The smallest absolute Gasteiger partial charge is 0.0966 e. The van der Waals surface area contributed by atoms with Crippen molar-refractivity contribution in [2.75, 3.05) is 0 Å². The van der Waals surface area contributed by atoms with E-state index in [1.165, 1.54) is 60.0 Å². The first-order chi connectivity index (χ1) is 12.8. The van der Waals surface area contributed by atoms with E-state index in [0.29, 0.717) is 18.1 Å². The van der Waals surface area contributed by atoms with Crippen LogP contribution >= 0.6 is 0 Å². The third-order valence-electron chi connectivity index (χ3n) is 6.55. The molecule has 1 saturated carbocycles. The molecule has 4 aliphatic rings. The maximum Gasteiger partial charge on any atom is 0.0966 e. The average Bonchev–Trinajstić information content (AvgIpc) is 3.41. The molecular weight excluding hydrogens is 316 g/mol. The van der Waals surface area contributed by atoms with E-state index in [4.69, 9.17) is 0 Å². The summed E-state index contributed by atoms with van der Waals surface area (Å²) in [5.74, 6) is 1.96. The van der Waals surface area contributed by atoms with Crippen molar-refractivity contribution in [1.29, 1.82) is 0 Å². The highest BCUT2D eigenvalue weighted by Gasteiger charge is 2.27. The van der Waals surface area contributed by atoms with E-state index in [-0.39, 0.29) is 0 Å². The van der Waals surface area contributed by atoms with Crippen LogP contribution in [-0.2, 0) is 0 Å². The maximum atomic E-state index is 9.63. The fourth-order valence-corrected chi connectivity index (χ4v) is 5.10. The first-order valence-corrected chi connectivity index (χ1v) is 10.1. The molecular formula is C25H26O. The molecule has 0 aromatic heterocycles. The van der Waals surface area contributed by atoms with Gasteiger partial charge in [0.15, 0.2) is 0 Å². The molecule has 26 heavy (non-hydrogen) atoms. The van der Waals surface area contributed by atoms with Gasteiger partial charge < -0.3 is 5.11 Å². The van der Waals surface area contributed by atoms with Crippen LogP contribution in [-0.4, -0.2) is 5.11 Å². The Balaban J connectivity index is 1.36. The lowest BCUT2D eigenvalue weighted by molar-refractivity contribution is 0.334. The molecule has 0 saturated heterocycles. The number of allylic oxidation sites excluding steroid dienone is 8. The maximum absolute atomic E-state index is 9.63. The quantitative estimate of drug-likeness (QED) is 0.636. The van der Waals surface area contributed by atoms with Gasteiger partial charge in [-0.25, -0.2) is 0 Å². The summed E-state index contributed by atoms with van der Waals surface area (Å²) in [5.41, 5.74) is 8.21. The molecule has 5 rings (SSSR count). The second-order valence-electron chi connectivity index (χ2n) is 8.19. The number of hydrogen-bond donors (Lipinski definition) is 1. The predicted molar refractivity (Wildman–Crippen MR) is 109 cm³/mol. The summed E-state index contributed by atoms with van der Waals surface area (Å²) in [6, 6.07) is 7.09. The zero-order valence-corrected chi connectivity index (χ0v) is 15.2. The summed E-state index contributed by atoms with van der Waals surface area (Å²) in [7, 11) is 0. The lowest BCUT2D eigenvalue weighted by atomic mass is 9.77. The number of aliphatic hydroxyl groups is 1. The van der Waals surface area contributed by atoms with Crippen molar-refractivity contribution in [2.24, 2.45) is 5.92 Å². The number of benzene rings is 1. The fourth-order valence-electron chi connectivity index (χ4n) is 5.10. The van der Waals surface area contributed by atoms with Gasteiger partial charge in [0.05, 0.1) is 5.76 Å². The molecule has 0 radical (unpaired) electrons. The van der Waals surface area contributed by atoms with Crippen LogP contribution < -0.4 is 0 Å². The van der Waals surface area contributed by atoms with Crippen LogP contribution in [0.25, 0.3) is 11.6 Å². The van der Waals surface area contributed by atoms with Crippen molar-refractivity contribution in [1.82, 2.24) is 0 Å². The van der Waals surface area contributed by atoms with Crippen LogP contribution in [0.1, 0.15) is 67.6 Å². The average molecular weight is 342 g/mol. The van der Waals surface area contributed by atoms with E-state index in [1.54, 1.807) is 5.56 Å². The minimum Gasteiger partial charge on any atom is -0.512 e. The molecule has 0 amide bonds. The second kappa shape index (κ2) is 6.46. The van der Waals surface area contributed by atoms with Crippen molar-refractivity contribution in [2.45, 2.75) is 50.9 Å². The first kappa shape index (κ1) is 15.9. The summed E-state index contributed by atoms with van der Waals surface area (Å²) in [5, 5.41) is 9.63. The van der Waals surface area contributed by atoms with Crippen LogP contribution in [0, 0.1) is 5.92 Å². The Morgan fingerprint density at radius 3 is 2.65 bits per heavy atom. The summed E-state index contributed by atoms with van der Waals surface area (Å²) in [4.78, 5) is 0. The number of rotatable bonds is 3. The molecule has 1 aromatic rings. The highest BCUT2D eigenvalue weighted by atomic mass is 16.3. The molecule has 0 bridgehead atoms. The molecule has 1 atom stereocenters. The van der Waals surface area contributed by atoms with Crippen LogP contribution in [0.3, 0.4) is 0 Å². The van der Waals surface area contributed by atoms with E-state index in [1.807, 2.05) is 12.2 Å². The van der Waals surface area contributed by atoms with Gasteiger partial charge in [0, 0.05) is 12.3 Å². The summed E-state index contributed by atoms with van der Waals surface area (Å²) < 4.78 is 0. The highest BCUT2D eigenvalue weighted by molar-refractivity contribution is 5.78. The van der Waals surface area contributed by atoms with Gasteiger partial charge in [-0.3, -0.25) is 0 Å². The third kappa shape index (κ3) is 2.80. The van der Waals surface area contributed by atoms with Gasteiger partial charge in [-0.15, -0.1) is 0 Å². The molecule has 132 valence electrons. The van der Waals surface area contributed by atoms with Crippen molar-refractivity contribution in [3.8, 4) is 0 Å². The number of aliphatic hydroxyl groups excluding tert-OH is 1. The van der Waals surface area contributed by atoms with Crippen LogP contribution in [0.15, 0.2) is 65.5 Å². The van der Waals surface area contributed by atoms with E-state index in [9.17, 15) is 5.11 Å². The van der Waals surface area contributed by atoms with Gasteiger partial charge in [-0.05, 0) is 70.7 Å². The summed E-state index contributed by atoms with van der Waals surface area (Å²) in [6.07, 6.45) is 21.9.